The van der Waals surface area contributed by atoms with Crippen molar-refractivity contribution in [2.75, 3.05) is 6.54 Å². The van der Waals surface area contributed by atoms with Crippen LogP contribution in [0.25, 0.3) is 0 Å². The smallest absolute Gasteiger partial charge is 0.226 e. The Bertz CT molecular complexity index is 791. The van der Waals surface area contributed by atoms with E-state index in [1.807, 2.05) is 13.1 Å². The molecule has 0 aliphatic carbocycles. The van der Waals surface area contributed by atoms with E-state index in [4.69, 9.17) is 4.42 Å². The van der Waals surface area contributed by atoms with Gasteiger partial charge in [0.2, 0.25) is 5.91 Å². The maximum Gasteiger partial charge on any atom is 0.226 e. The van der Waals surface area contributed by atoms with Gasteiger partial charge in [0, 0.05) is 43.7 Å². The molecular weight excluding hydrogens is 326 g/mol. The number of likely N-dealkylation sites (tertiary alicyclic amines) is 1. The van der Waals surface area contributed by atoms with E-state index in [1.165, 1.54) is 5.69 Å². The SMILES string of the molecule is CCc1ccc(C2CC(C)CCN2C(=O)C2CCn3c(cnc3C)C2)o1. The van der Waals surface area contributed by atoms with Gasteiger partial charge >= 0.3 is 0 Å². The average Bonchev–Trinajstić information content (AvgIpc) is 3.28. The first kappa shape index (κ1) is 17.4. The van der Waals surface area contributed by atoms with Crippen molar-refractivity contribution in [3.8, 4) is 0 Å². The first-order valence-electron chi connectivity index (χ1n) is 9.97. The van der Waals surface area contributed by atoms with Crippen LogP contribution in [0.1, 0.15) is 62.2 Å². The molecule has 5 nitrogen and oxygen atoms in total. The van der Waals surface area contributed by atoms with Crippen molar-refractivity contribution in [1.82, 2.24) is 14.5 Å². The third-order valence-corrected chi connectivity index (χ3v) is 6.15. The minimum Gasteiger partial charge on any atom is -0.464 e. The molecule has 140 valence electrons. The fourth-order valence-electron chi connectivity index (χ4n) is 4.51. The van der Waals surface area contributed by atoms with Crippen LogP contribution in [0.3, 0.4) is 0 Å². The van der Waals surface area contributed by atoms with E-state index in [0.717, 1.165) is 62.5 Å². The number of aryl methyl sites for hydroxylation is 2. The Kier molecular flexibility index (Phi) is 4.63. The van der Waals surface area contributed by atoms with Gasteiger partial charge in [-0.2, -0.15) is 0 Å². The summed E-state index contributed by atoms with van der Waals surface area (Å²) in [4.78, 5) is 19.9. The van der Waals surface area contributed by atoms with E-state index in [1.54, 1.807) is 0 Å². The number of hydrogen-bond donors (Lipinski definition) is 0. The number of piperidine rings is 1. The highest BCUT2D eigenvalue weighted by Crippen LogP contribution is 2.37. The Morgan fingerprint density at radius 1 is 1.31 bits per heavy atom. The lowest BCUT2D eigenvalue weighted by molar-refractivity contribution is -0.141. The fourth-order valence-corrected chi connectivity index (χ4v) is 4.51. The molecule has 5 heteroatoms. The summed E-state index contributed by atoms with van der Waals surface area (Å²) in [6.07, 6.45) is 6.60. The van der Waals surface area contributed by atoms with Crippen molar-refractivity contribution in [3.05, 3.63) is 41.4 Å². The Hall–Kier alpha value is -2.04. The molecule has 1 saturated heterocycles. The van der Waals surface area contributed by atoms with Gasteiger partial charge in [0.1, 0.15) is 17.3 Å². The van der Waals surface area contributed by atoms with Gasteiger partial charge < -0.3 is 13.9 Å². The van der Waals surface area contributed by atoms with Crippen molar-refractivity contribution >= 4 is 5.91 Å². The van der Waals surface area contributed by atoms with Gasteiger partial charge in [0.15, 0.2) is 0 Å². The van der Waals surface area contributed by atoms with Crippen molar-refractivity contribution in [2.24, 2.45) is 11.8 Å². The molecule has 0 aromatic carbocycles. The number of furan rings is 1. The summed E-state index contributed by atoms with van der Waals surface area (Å²) in [5.74, 6) is 3.99. The number of nitrogens with zero attached hydrogens (tertiary/aromatic N) is 3. The minimum absolute atomic E-state index is 0.0649. The van der Waals surface area contributed by atoms with Crippen molar-refractivity contribution in [1.29, 1.82) is 0 Å². The Morgan fingerprint density at radius 3 is 2.92 bits per heavy atom. The fraction of sp³-hybridized carbons (Fsp3) is 0.619. The Balaban J connectivity index is 1.55. The number of fused-ring (bicyclic) bond motifs is 1. The summed E-state index contributed by atoms with van der Waals surface area (Å²) in [7, 11) is 0. The van der Waals surface area contributed by atoms with Crippen molar-refractivity contribution in [3.63, 3.8) is 0 Å². The second-order valence-electron chi connectivity index (χ2n) is 7.97. The molecule has 2 aromatic heterocycles. The van der Waals surface area contributed by atoms with Crippen LogP contribution >= 0.6 is 0 Å². The predicted molar refractivity (Wildman–Crippen MR) is 99.7 cm³/mol. The van der Waals surface area contributed by atoms with E-state index in [2.05, 4.69) is 40.4 Å². The average molecular weight is 355 g/mol. The maximum absolute atomic E-state index is 13.4. The summed E-state index contributed by atoms with van der Waals surface area (Å²) < 4.78 is 8.29. The highest BCUT2D eigenvalue weighted by atomic mass is 16.3. The first-order valence-corrected chi connectivity index (χ1v) is 9.97. The topological polar surface area (TPSA) is 51.3 Å². The van der Waals surface area contributed by atoms with Crippen LogP contribution < -0.4 is 0 Å². The number of amides is 1. The molecular formula is C21H29N3O2. The van der Waals surface area contributed by atoms with E-state index < -0.39 is 0 Å². The highest BCUT2D eigenvalue weighted by Gasteiger charge is 2.37. The van der Waals surface area contributed by atoms with Crippen molar-refractivity contribution in [2.45, 2.75) is 65.5 Å². The van der Waals surface area contributed by atoms with Crippen LogP contribution in [-0.2, 0) is 24.2 Å². The summed E-state index contributed by atoms with van der Waals surface area (Å²) in [6.45, 7) is 8.15. The highest BCUT2D eigenvalue weighted by molar-refractivity contribution is 5.79. The zero-order valence-corrected chi connectivity index (χ0v) is 16.1. The number of aromatic nitrogens is 2. The molecule has 3 unspecified atom stereocenters. The lowest BCUT2D eigenvalue weighted by Gasteiger charge is -2.40. The predicted octanol–water partition coefficient (Wildman–Crippen LogP) is 3.91. The van der Waals surface area contributed by atoms with E-state index in [9.17, 15) is 4.79 Å². The molecule has 4 heterocycles. The number of hydrogen-bond acceptors (Lipinski definition) is 3. The summed E-state index contributed by atoms with van der Waals surface area (Å²) in [5, 5.41) is 0. The quantitative estimate of drug-likeness (QED) is 0.839. The van der Waals surface area contributed by atoms with Gasteiger partial charge in [-0.3, -0.25) is 4.79 Å². The van der Waals surface area contributed by atoms with Crippen LogP contribution in [0.2, 0.25) is 0 Å². The molecule has 1 amide bonds. The van der Waals surface area contributed by atoms with E-state index in [0.29, 0.717) is 11.8 Å². The zero-order valence-electron chi connectivity index (χ0n) is 16.1. The van der Waals surface area contributed by atoms with Gasteiger partial charge in [-0.25, -0.2) is 4.98 Å². The molecule has 0 N–H and O–H groups in total. The maximum atomic E-state index is 13.4. The second kappa shape index (κ2) is 6.93. The molecule has 26 heavy (non-hydrogen) atoms. The third kappa shape index (κ3) is 3.08. The Morgan fingerprint density at radius 2 is 2.15 bits per heavy atom. The monoisotopic (exact) mass is 355 g/mol. The zero-order chi connectivity index (χ0) is 18.3. The number of carbonyl (C=O) groups is 1. The van der Waals surface area contributed by atoms with Gasteiger partial charge in [0.05, 0.1) is 6.04 Å². The van der Waals surface area contributed by atoms with Gasteiger partial charge in [-0.15, -0.1) is 0 Å². The van der Waals surface area contributed by atoms with Crippen LogP contribution in [-0.4, -0.2) is 26.9 Å². The standard InChI is InChI=1S/C21H29N3O2/c1-4-18-5-6-20(26-18)19-11-14(2)7-9-24(19)21(25)16-8-10-23-15(3)22-13-17(23)12-16/h5-6,13-14,16,19H,4,7-12H2,1-3H3. The normalized spacial score (nSPS) is 26.0. The Labute approximate surface area is 155 Å². The minimum atomic E-state index is 0.0649. The molecule has 2 aliphatic rings. The molecule has 0 saturated carbocycles. The molecule has 0 bridgehead atoms. The lowest BCUT2D eigenvalue weighted by Crippen LogP contribution is -2.45. The molecule has 0 radical (unpaired) electrons. The van der Waals surface area contributed by atoms with Gasteiger partial charge in [-0.1, -0.05) is 13.8 Å². The summed E-state index contributed by atoms with van der Waals surface area (Å²) >= 11 is 0. The molecule has 2 aromatic rings. The molecule has 1 fully saturated rings. The second-order valence-corrected chi connectivity index (χ2v) is 7.97. The molecule has 0 spiro atoms. The van der Waals surface area contributed by atoms with Crippen LogP contribution in [0.5, 0.6) is 0 Å². The number of imidazole rings is 1. The lowest BCUT2D eigenvalue weighted by atomic mass is 9.88. The molecule has 3 atom stereocenters. The van der Waals surface area contributed by atoms with Gasteiger partial charge in [-0.05, 0) is 44.2 Å². The van der Waals surface area contributed by atoms with Crippen molar-refractivity contribution < 1.29 is 9.21 Å². The van der Waals surface area contributed by atoms with Crippen LogP contribution in [0.4, 0.5) is 0 Å². The van der Waals surface area contributed by atoms with E-state index >= 15 is 0 Å². The number of carbonyl (C=O) groups excluding carboxylic acids is 1. The molecule has 2 aliphatic heterocycles. The largest absolute Gasteiger partial charge is 0.464 e. The molecule has 4 rings (SSSR count). The summed E-state index contributed by atoms with van der Waals surface area (Å²) in [6, 6.07) is 4.21. The third-order valence-electron chi connectivity index (χ3n) is 6.15. The van der Waals surface area contributed by atoms with Crippen LogP contribution in [0.15, 0.2) is 22.7 Å². The number of rotatable bonds is 3. The summed E-state index contributed by atoms with van der Waals surface area (Å²) in [5.41, 5.74) is 1.19. The van der Waals surface area contributed by atoms with Gasteiger partial charge in [0.25, 0.3) is 0 Å². The first-order chi connectivity index (χ1) is 12.6. The van der Waals surface area contributed by atoms with E-state index in [-0.39, 0.29) is 12.0 Å². The van der Waals surface area contributed by atoms with Crippen LogP contribution in [0, 0.1) is 18.8 Å².